The molecule has 1 heterocycles. The van der Waals surface area contributed by atoms with Crippen LogP contribution >= 0.6 is 0 Å². The van der Waals surface area contributed by atoms with E-state index < -0.39 is 10.0 Å². The number of nitrogens with one attached hydrogen (secondary N) is 1. The van der Waals surface area contributed by atoms with Gasteiger partial charge in [0.2, 0.25) is 10.0 Å². The van der Waals surface area contributed by atoms with Gasteiger partial charge in [0.25, 0.3) is 0 Å². The normalized spacial score (nSPS) is 20.2. The molecular formula is C12H18N2O3S. The van der Waals surface area contributed by atoms with Crippen LogP contribution in [0.4, 0.5) is 5.69 Å². The number of nitrogen functional groups attached to an aromatic ring is 1. The van der Waals surface area contributed by atoms with E-state index in [2.05, 4.69) is 4.72 Å². The number of ether oxygens (including phenoxy) is 1. The molecule has 1 aliphatic heterocycles. The lowest BCUT2D eigenvalue weighted by Crippen LogP contribution is -2.35. The minimum absolute atomic E-state index is 0.133. The first kappa shape index (κ1) is 13.3. The molecule has 1 saturated heterocycles. The summed E-state index contributed by atoms with van der Waals surface area (Å²) in [6.45, 7) is 4.55. The highest BCUT2D eigenvalue weighted by Crippen LogP contribution is 2.23. The lowest BCUT2D eigenvalue weighted by Gasteiger charge is -2.15. The third-order valence-electron chi connectivity index (χ3n) is 3.00. The van der Waals surface area contributed by atoms with E-state index in [0.29, 0.717) is 41.3 Å². The molecule has 5 nitrogen and oxygen atoms in total. The predicted molar refractivity (Wildman–Crippen MR) is 69.9 cm³/mol. The first-order valence-corrected chi connectivity index (χ1v) is 7.35. The Balaban J connectivity index is 2.34. The van der Waals surface area contributed by atoms with Crippen molar-refractivity contribution in [2.45, 2.75) is 31.2 Å². The fourth-order valence-electron chi connectivity index (χ4n) is 2.31. The molecule has 0 aliphatic carbocycles. The number of nitrogens with two attached hydrogens (primary N) is 1. The topological polar surface area (TPSA) is 81.4 Å². The quantitative estimate of drug-likeness (QED) is 0.801. The zero-order valence-electron chi connectivity index (χ0n) is 10.6. The number of hydrogen-bond acceptors (Lipinski definition) is 4. The fraction of sp³-hybridized carbons (Fsp3) is 0.500. The van der Waals surface area contributed by atoms with Crippen molar-refractivity contribution in [3.8, 4) is 0 Å². The molecule has 1 atom stereocenters. The number of rotatable bonds is 3. The molecule has 1 fully saturated rings. The molecule has 1 aromatic carbocycles. The van der Waals surface area contributed by atoms with Crippen molar-refractivity contribution >= 4 is 15.7 Å². The van der Waals surface area contributed by atoms with Gasteiger partial charge in [0.1, 0.15) is 0 Å². The molecule has 0 radical (unpaired) electrons. The molecule has 6 heteroatoms. The van der Waals surface area contributed by atoms with Crippen molar-refractivity contribution in [2.24, 2.45) is 0 Å². The second-order valence-corrected chi connectivity index (χ2v) is 6.32. The van der Waals surface area contributed by atoms with Gasteiger partial charge in [0.05, 0.1) is 11.5 Å². The fourth-order valence-corrected chi connectivity index (χ4v) is 4.02. The maximum Gasteiger partial charge on any atom is 0.241 e. The maximum atomic E-state index is 12.3. The SMILES string of the molecule is Cc1cc(N)cc(C)c1S(=O)(=O)NC1CCOC1. The second kappa shape index (κ2) is 4.87. The summed E-state index contributed by atoms with van der Waals surface area (Å²) in [5.41, 5.74) is 7.61. The van der Waals surface area contributed by atoms with E-state index in [1.807, 2.05) is 0 Å². The highest BCUT2D eigenvalue weighted by molar-refractivity contribution is 7.89. The van der Waals surface area contributed by atoms with Crippen LogP contribution in [0.5, 0.6) is 0 Å². The van der Waals surface area contributed by atoms with Crippen LogP contribution in [0.1, 0.15) is 17.5 Å². The van der Waals surface area contributed by atoms with Crippen LogP contribution in [-0.2, 0) is 14.8 Å². The monoisotopic (exact) mass is 270 g/mol. The Morgan fingerprint density at radius 3 is 2.44 bits per heavy atom. The summed E-state index contributed by atoms with van der Waals surface area (Å²) in [7, 11) is -3.51. The molecule has 18 heavy (non-hydrogen) atoms. The van der Waals surface area contributed by atoms with Gasteiger partial charge in [-0.2, -0.15) is 0 Å². The Morgan fingerprint density at radius 2 is 1.94 bits per heavy atom. The van der Waals surface area contributed by atoms with E-state index in [-0.39, 0.29) is 6.04 Å². The summed E-state index contributed by atoms with van der Waals surface area (Å²) in [6, 6.07) is 3.21. The van der Waals surface area contributed by atoms with E-state index in [9.17, 15) is 8.42 Å². The first-order valence-electron chi connectivity index (χ1n) is 5.87. The molecule has 100 valence electrons. The summed E-state index contributed by atoms with van der Waals surface area (Å²) in [6.07, 6.45) is 0.715. The number of sulfonamides is 1. The summed E-state index contributed by atoms with van der Waals surface area (Å²) in [4.78, 5) is 0.323. The first-order chi connectivity index (χ1) is 8.40. The molecule has 1 unspecified atom stereocenters. The predicted octanol–water partition coefficient (Wildman–Crippen LogP) is 0.953. The van der Waals surface area contributed by atoms with Crippen molar-refractivity contribution in [3.63, 3.8) is 0 Å². The Morgan fingerprint density at radius 1 is 1.33 bits per heavy atom. The molecule has 0 aromatic heterocycles. The van der Waals surface area contributed by atoms with Crippen LogP contribution in [0.15, 0.2) is 17.0 Å². The van der Waals surface area contributed by atoms with Gasteiger partial charge in [-0.3, -0.25) is 0 Å². The Bertz CT molecular complexity index is 525. The van der Waals surface area contributed by atoms with Gasteiger partial charge in [0, 0.05) is 18.3 Å². The molecule has 1 aromatic rings. The van der Waals surface area contributed by atoms with Gasteiger partial charge in [-0.1, -0.05) is 0 Å². The van der Waals surface area contributed by atoms with Crippen molar-refractivity contribution in [1.29, 1.82) is 0 Å². The summed E-state index contributed by atoms with van der Waals surface area (Å²) >= 11 is 0. The van der Waals surface area contributed by atoms with Crippen molar-refractivity contribution < 1.29 is 13.2 Å². The molecule has 2 rings (SSSR count). The average molecular weight is 270 g/mol. The number of benzene rings is 1. The Hall–Kier alpha value is -1.11. The standard InChI is InChI=1S/C12H18N2O3S/c1-8-5-10(13)6-9(2)12(8)18(15,16)14-11-3-4-17-7-11/h5-6,11,14H,3-4,7,13H2,1-2H3. The van der Waals surface area contributed by atoms with Gasteiger partial charge >= 0.3 is 0 Å². The summed E-state index contributed by atoms with van der Waals surface area (Å²) < 4.78 is 32.5. The van der Waals surface area contributed by atoms with Crippen LogP contribution in [0.2, 0.25) is 0 Å². The summed E-state index contributed by atoms with van der Waals surface area (Å²) in [5.74, 6) is 0. The number of anilines is 1. The molecular weight excluding hydrogens is 252 g/mol. The second-order valence-electron chi connectivity index (χ2n) is 4.67. The van der Waals surface area contributed by atoms with Crippen LogP contribution in [0, 0.1) is 13.8 Å². The van der Waals surface area contributed by atoms with Crippen molar-refractivity contribution in [2.75, 3.05) is 18.9 Å². The van der Waals surface area contributed by atoms with Gasteiger partial charge in [-0.15, -0.1) is 0 Å². The van der Waals surface area contributed by atoms with Gasteiger partial charge in [0.15, 0.2) is 0 Å². The highest BCUT2D eigenvalue weighted by atomic mass is 32.2. The van der Waals surface area contributed by atoms with E-state index in [4.69, 9.17) is 10.5 Å². The zero-order valence-corrected chi connectivity index (χ0v) is 11.4. The smallest absolute Gasteiger partial charge is 0.241 e. The van der Waals surface area contributed by atoms with E-state index in [1.165, 1.54) is 0 Å². The van der Waals surface area contributed by atoms with Crippen LogP contribution in [0.25, 0.3) is 0 Å². The van der Waals surface area contributed by atoms with Crippen molar-refractivity contribution in [1.82, 2.24) is 4.72 Å². The molecule has 0 amide bonds. The van der Waals surface area contributed by atoms with Crippen molar-refractivity contribution in [3.05, 3.63) is 23.3 Å². The number of aryl methyl sites for hydroxylation is 2. The molecule has 0 spiro atoms. The lowest BCUT2D eigenvalue weighted by atomic mass is 10.1. The van der Waals surface area contributed by atoms with Gasteiger partial charge < -0.3 is 10.5 Å². The molecule has 1 aliphatic rings. The van der Waals surface area contributed by atoms with Crippen LogP contribution in [-0.4, -0.2) is 27.7 Å². The third kappa shape index (κ3) is 2.66. The Labute approximate surface area is 107 Å². The average Bonchev–Trinajstić information content (AvgIpc) is 2.66. The lowest BCUT2D eigenvalue weighted by molar-refractivity contribution is 0.192. The van der Waals surface area contributed by atoms with E-state index in [0.717, 1.165) is 0 Å². The maximum absolute atomic E-state index is 12.3. The number of hydrogen-bond donors (Lipinski definition) is 2. The third-order valence-corrected chi connectivity index (χ3v) is 4.83. The van der Waals surface area contributed by atoms with E-state index >= 15 is 0 Å². The molecule has 3 N–H and O–H groups in total. The van der Waals surface area contributed by atoms with E-state index in [1.54, 1.807) is 26.0 Å². The molecule has 0 saturated carbocycles. The van der Waals surface area contributed by atoms with Gasteiger partial charge in [-0.05, 0) is 43.5 Å². The van der Waals surface area contributed by atoms with Crippen LogP contribution < -0.4 is 10.5 Å². The summed E-state index contributed by atoms with van der Waals surface area (Å²) in [5, 5.41) is 0. The van der Waals surface area contributed by atoms with Gasteiger partial charge in [-0.25, -0.2) is 13.1 Å². The minimum atomic E-state index is -3.51. The highest BCUT2D eigenvalue weighted by Gasteiger charge is 2.26. The molecule has 0 bridgehead atoms. The Kier molecular flexibility index (Phi) is 3.61. The zero-order chi connectivity index (χ0) is 13.3. The van der Waals surface area contributed by atoms with Crippen LogP contribution in [0.3, 0.4) is 0 Å². The largest absolute Gasteiger partial charge is 0.399 e. The minimum Gasteiger partial charge on any atom is -0.399 e.